The zero-order chi connectivity index (χ0) is 21.4. The molecular weight excluding hydrogens is 376 g/mol. The van der Waals surface area contributed by atoms with Crippen molar-refractivity contribution in [2.45, 2.75) is 33.1 Å². The summed E-state index contributed by atoms with van der Waals surface area (Å²) in [7, 11) is 0. The first kappa shape index (κ1) is 21.8. The van der Waals surface area contributed by atoms with Crippen LogP contribution >= 0.6 is 0 Å². The summed E-state index contributed by atoms with van der Waals surface area (Å²) in [6, 6.07) is 8.87. The van der Waals surface area contributed by atoms with E-state index in [2.05, 4.69) is 0 Å². The summed E-state index contributed by atoms with van der Waals surface area (Å²) in [5, 5.41) is 9.56. The van der Waals surface area contributed by atoms with E-state index in [9.17, 15) is 14.9 Å². The molecule has 1 heterocycles. The first-order chi connectivity index (χ1) is 13.9. The Labute approximate surface area is 169 Å². The van der Waals surface area contributed by atoms with Crippen molar-refractivity contribution < 1.29 is 28.5 Å². The van der Waals surface area contributed by atoms with Crippen LogP contribution in [-0.4, -0.2) is 31.8 Å². The molecule has 0 radical (unpaired) electrons. The maximum atomic E-state index is 12.5. The fourth-order valence-electron chi connectivity index (χ4n) is 2.93. The van der Waals surface area contributed by atoms with Crippen LogP contribution in [0.15, 0.2) is 47.1 Å². The Bertz CT molecular complexity index is 864. The van der Waals surface area contributed by atoms with Crippen LogP contribution in [0.25, 0.3) is 0 Å². The van der Waals surface area contributed by atoms with Crippen molar-refractivity contribution >= 4 is 11.9 Å². The average molecular weight is 400 g/mol. The standard InChI is InChI=1S/C21H24N2O6/c1-4-26-17(24)10-11-28-15-8-6-14(7-9-15)19-16(12-22)20(23)29-13(3)18(19)21(25)27-5-2/h6-9,19H,4-5,10-11,23H2,1-3H3. The van der Waals surface area contributed by atoms with Crippen LogP contribution in [0.5, 0.6) is 5.75 Å². The fraction of sp³-hybridized carbons (Fsp3) is 0.381. The number of allylic oxidation sites excluding steroid dienone is 2. The number of nitrogens with zero attached hydrogens (tertiary/aromatic N) is 1. The summed E-state index contributed by atoms with van der Waals surface area (Å²) in [4.78, 5) is 23.9. The molecule has 154 valence electrons. The Morgan fingerprint density at radius 3 is 2.41 bits per heavy atom. The Morgan fingerprint density at radius 1 is 1.17 bits per heavy atom. The molecule has 1 aliphatic heterocycles. The number of carbonyl (C=O) groups excluding carboxylic acids is 2. The van der Waals surface area contributed by atoms with Gasteiger partial charge in [-0.25, -0.2) is 4.79 Å². The Balaban J connectivity index is 2.24. The lowest BCUT2D eigenvalue weighted by Gasteiger charge is -2.26. The lowest BCUT2D eigenvalue weighted by atomic mass is 9.83. The molecule has 1 aromatic carbocycles. The summed E-state index contributed by atoms with van der Waals surface area (Å²) in [5.74, 6) is -0.812. The highest BCUT2D eigenvalue weighted by Crippen LogP contribution is 2.39. The second kappa shape index (κ2) is 10.2. The van der Waals surface area contributed by atoms with Crippen LogP contribution in [0, 0.1) is 11.3 Å². The predicted molar refractivity (Wildman–Crippen MR) is 103 cm³/mol. The highest BCUT2D eigenvalue weighted by Gasteiger charge is 2.36. The molecule has 2 rings (SSSR count). The number of rotatable bonds is 8. The molecule has 1 unspecified atom stereocenters. The molecule has 29 heavy (non-hydrogen) atoms. The molecule has 1 aliphatic rings. The van der Waals surface area contributed by atoms with E-state index in [1.807, 2.05) is 6.07 Å². The normalized spacial score (nSPS) is 16.0. The van der Waals surface area contributed by atoms with Gasteiger partial charge in [-0.05, 0) is 38.5 Å². The molecule has 2 N–H and O–H groups in total. The summed E-state index contributed by atoms with van der Waals surface area (Å²) >= 11 is 0. The minimum Gasteiger partial charge on any atom is -0.493 e. The van der Waals surface area contributed by atoms with Gasteiger partial charge in [0.1, 0.15) is 23.2 Å². The maximum Gasteiger partial charge on any atom is 0.338 e. The molecule has 0 aliphatic carbocycles. The fourth-order valence-corrected chi connectivity index (χ4v) is 2.93. The lowest BCUT2D eigenvalue weighted by Crippen LogP contribution is -2.25. The van der Waals surface area contributed by atoms with Crippen LogP contribution in [0.4, 0.5) is 0 Å². The van der Waals surface area contributed by atoms with E-state index < -0.39 is 11.9 Å². The third-order valence-corrected chi connectivity index (χ3v) is 4.19. The van der Waals surface area contributed by atoms with Gasteiger partial charge in [0.25, 0.3) is 0 Å². The number of esters is 2. The van der Waals surface area contributed by atoms with Gasteiger partial charge >= 0.3 is 11.9 Å². The topological polar surface area (TPSA) is 121 Å². The van der Waals surface area contributed by atoms with Crippen LogP contribution in [0.1, 0.15) is 38.7 Å². The number of ether oxygens (including phenoxy) is 4. The third kappa shape index (κ3) is 5.29. The molecule has 8 heteroatoms. The number of benzene rings is 1. The number of hydrogen-bond acceptors (Lipinski definition) is 8. The smallest absolute Gasteiger partial charge is 0.338 e. The van der Waals surface area contributed by atoms with Crippen molar-refractivity contribution in [3.8, 4) is 11.8 Å². The first-order valence-corrected chi connectivity index (χ1v) is 9.26. The zero-order valence-corrected chi connectivity index (χ0v) is 16.7. The monoisotopic (exact) mass is 400 g/mol. The van der Waals surface area contributed by atoms with Crippen LogP contribution in [-0.2, 0) is 23.8 Å². The van der Waals surface area contributed by atoms with Crippen LogP contribution in [0.2, 0.25) is 0 Å². The van der Waals surface area contributed by atoms with Gasteiger partial charge in [-0.15, -0.1) is 0 Å². The Kier molecular flexibility index (Phi) is 7.66. The first-order valence-electron chi connectivity index (χ1n) is 9.26. The zero-order valence-electron chi connectivity index (χ0n) is 16.7. The molecule has 0 spiro atoms. The molecular formula is C21H24N2O6. The van der Waals surface area contributed by atoms with E-state index in [1.54, 1.807) is 45.0 Å². The number of carbonyl (C=O) groups is 2. The van der Waals surface area contributed by atoms with Crippen LogP contribution in [0.3, 0.4) is 0 Å². The second-order valence-electron chi connectivity index (χ2n) is 6.09. The molecule has 8 nitrogen and oxygen atoms in total. The maximum absolute atomic E-state index is 12.5. The summed E-state index contributed by atoms with van der Waals surface area (Å²) in [6.45, 7) is 5.74. The van der Waals surface area contributed by atoms with E-state index >= 15 is 0 Å². The third-order valence-electron chi connectivity index (χ3n) is 4.19. The Morgan fingerprint density at radius 2 is 1.83 bits per heavy atom. The van der Waals surface area contributed by atoms with Gasteiger partial charge in [-0.2, -0.15) is 5.26 Å². The van der Waals surface area contributed by atoms with Gasteiger partial charge in [-0.3, -0.25) is 4.79 Å². The van der Waals surface area contributed by atoms with Crippen molar-refractivity contribution in [3.05, 3.63) is 52.6 Å². The van der Waals surface area contributed by atoms with Crippen molar-refractivity contribution in [1.82, 2.24) is 0 Å². The van der Waals surface area contributed by atoms with Crippen molar-refractivity contribution in [1.29, 1.82) is 5.26 Å². The molecule has 1 aromatic rings. The van der Waals surface area contributed by atoms with E-state index in [0.29, 0.717) is 23.7 Å². The average Bonchev–Trinajstić information content (AvgIpc) is 2.68. The minimum absolute atomic E-state index is 0.0437. The van der Waals surface area contributed by atoms with Gasteiger partial charge < -0.3 is 24.7 Å². The number of nitriles is 1. The quantitative estimate of drug-likeness (QED) is 0.661. The van der Waals surface area contributed by atoms with Gasteiger partial charge in [0.15, 0.2) is 0 Å². The number of hydrogen-bond donors (Lipinski definition) is 1. The summed E-state index contributed by atoms with van der Waals surface area (Å²) in [5.41, 5.74) is 6.90. The van der Waals surface area contributed by atoms with Gasteiger partial charge in [0.2, 0.25) is 5.88 Å². The Hall–Kier alpha value is -3.47. The van der Waals surface area contributed by atoms with Crippen molar-refractivity contribution in [2.75, 3.05) is 19.8 Å². The molecule has 0 bridgehead atoms. The van der Waals surface area contributed by atoms with E-state index in [0.717, 1.165) is 0 Å². The highest BCUT2D eigenvalue weighted by atomic mass is 16.5. The largest absolute Gasteiger partial charge is 0.493 e. The predicted octanol–water partition coefficient (Wildman–Crippen LogP) is 2.66. The van der Waals surface area contributed by atoms with E-state index in [4.69, 9.17) is 24.7 Å². The van der Waals surface area contributed by atoms with Gasteiger partial charge in [0, 0.05) is 0 Å². The van der Waals surface area contributed by atoms with Crippen LogP contribution < -0.4 is 10.5 Å². The molecule has 0 fully saturated rings. The van der Waals surface area contributed by atoms with Gasteiger partial charge in [0.05, 0.1) is 37.7 Å². The molecule has 0 aromatic heterocycles. The van der Waals surface area contributed by atoms with Crippen molar-refractivity contribution in [3.63, 3.8) is 0 Å². The van der Waals surface area contributed by atoms with E-state index in [-0.39, 0.29) is 42.6 Å². The second-order valence-corrected chi connectivity index (χ2v) is 6.09. The molecule has 0 saturated carbocycles. The van der Waals surface area contributed by atoms with Crippen molar-refractivity contribution in [2.24, 2.45) is 5.73 Å². The van der Waals surface area contributed by atoms with E-state index in [1.165, 1.54) is 0 Å². The minimum atomic E-state index is -0.707. The highest BCUT2D eigenvalue weighted by molar-refractivity contribution is 5.92. The molecule has 0 amide bonds. The molecule has 1 atom stereocenters. The SMILES string of the molecule is CCOC(=O)CCOc1ccc(C2C(C#N)=C(N)OC(C)=C2C(=O)OCC)cc1. The molecule has 0 saturated heterocycles. The summed E-state index contributed by atoms with van der Waals surface area (Å²) < 4.78 is 20.9. The number of nitrogens with two attached hydrogens (primary N) is 1. The summed E-state index contributed by atoms with van der Waals surface area (Å²) in [6.07, 6.45) is 0.141. The lowest BCUT2D eigenvalue weighted by molar-refractivity contribution is -0.143. The van der Waals surface area contributed by atoms with Gasteiger partial charge in [-0.1, -0.05) is 12.1 Å².